The lowest BCUT2D eigenvalue weighted by Gasteiger charge is -2.48. The molecule has 1 amide bonds. The van der Waals surface area contributed by atoms with E-state index in [0.29, 0.717) is 0 Å². The van der Waals surface area contributed by atoms with Gasteiger partial charge in [0.1, 0.15) is 104 Å². The van der Waals surface area contributed by atoms with E-state index >= 15 is 0 Å². The fraction of sp³-hybridized carbons (Fsp3) is 0.923. The Labute approximate surface area is 272 Å². The number of amides is 1. The number of ether oxygens (including phenoxy) is 6. The highest BCUT2D eigenvalue weighted by molar-refractivity contribution is 5.77. The molecule has 0 bridgehead atoms. The minimum Gasteiger partial charge on any atom is -0.394 e. The summed E-state index contributed by atoms with van der Waals surface area (Å²) >= 11 is 0. The molecule has 19 atom stereocenters. The zero-order valence-corrected chi connectivity index (χ0v) is 25.5. The molecule has 48 heavy (non-hydrogen) atoms. The van der Waals surface area contributed by atoms with Crippen molar-refractivity contribution >= 4 is 12.2 Å². The first kappa shape index (κ1) is 40.8. The number of aldehydes is 1. The largest absolute Gasteiger partial charge is 0.394 e. The van der Waals surface area contributed by atoms with Gasteiger partial charge in [-0.25, -0.2) is 0 Å². The van der Waals surface area contributed by atoms with Crippen molar-refractivity contribution < 1.29 is 104 Å². The molecule has 1 unspecified atom stereocenters. The summed E-state index contributed by atoms with van der Waals surface area (Å²) in [5.74, 6) is -0.768. The Morgan fingerprint density at radius 1 is 0.688 bits per heavy atom. The van der Waals surface area contributed by atoms with E-state index in [1.165, 1.54) is 0 Å². The zero-order valence-electron chi connectivity index (χ0n) is 25.5. The van der Waals surface area contributed by atoms with Gasteiger partial charge in [0.05, 0.1) is 26.4 Å². The van der Waals surface area contributed by atoms with Gasteiger partial charge in [0.25, 0.3) is 0 Å². The second kappa shape index (κ2) is 18.0. The number of aliphatic hydroxyl groups excluding tert-OH is 13. The van der Waals surface area contributed by atoms with Gasteiger partial charge in [-0.05, 0) is 0 Å². The predicted molar refractivity (Wildman–Crippen MR) is 147 cm³/mol. The van der Waals surface area contributed by atoms with Crippen LogP contribution in [-0.2, 0) is 38.0 Å². The van der Waals surface area contributed by atoms with Crippen LogP contribution < -0.4 is 5.32 Å². The number of nitrogens with one attached hydrogen (secondary N) is 1. The third kappa shape index (κ3) is 8.99. The van der Waals surface area contributed by atoms with E-state index in [-0.39, 0.29) is 6.29 Å². The van der Waals surface area contributed by atoms with Gasteiger partial charge in [-0.1, -0.05) is 0 Å². The van der Waals surface area contributed by atoms with Gasteiger partial charge in [-0.15, -0.1) is 0 Å². The van der Waals surface area contributed by atoms with Crippen molar-refractivity contribution in [3.63, 3.8) is 0 Å². The van der Waals surface area contributed by atoms with Gasteiger partial charge in [0.15, 0.2) is 18.9 Å². The third-order valence-corrected chi connectivity index (χ3v) is 8.16. The van der Waals surface area contributed by atoms with Crippen molar-refractivity contribution in [2.75, 3.05) is 26.4 Å². The van der Waals surface area contributed by atoms with Gasteiger partial charge in [0, 0.05) is 6.92 Å². The Hall–Kier alpha value is -1.62. The Balaban J connectivity index is 1.91. The number of rotatable bonds is 15. The topological polar surface area (TPSA) is 365 Å². The van der Waals surface area contributed by atoms with E-state index in [1.807, 2.05) is 0 Å². The Morgan fingerprint density at radius 3 is 1.71 bits per heavy atom. The first-order chi connectivity index (χ1) is 22.6. The smallest absolute Gasteiger partial charge is 0.217 e. The molecule has 3 aliphatic rings. The molecule has 0 aromatic carbocycles. The number of carbonyl (C=O) groups excluding carboxylic acids is 2. The highest BCUT2D eigenvalue weighted by atomic mass is 16.8. The minimum atomic E-state index is -2.16. The molecule has 3 rings (SSSR count). The van der Waals surface area contributed by atoms with E-state index in [2.05, 4.69) is 5.32 Å². The molecule has 14 N–H and O–H groups in total. The molecule has 3 fully saturated rings. The van der Waals surface area contributed by atoms with Crippen LogP contribution in [0.1, 0.15) is 6.92 Å². The molecule has 0 saturated carbocycles. The van der Waals surface area contributed by atoms with Crippen LogP contribution in [0.4, 0.5) is 0 Å². The molecule has 0 spiro atoms. The normalized spacial score (nSPS) is 43.2. The lowest BCUT2D eigenvalue weighted by atomic mass is 9.96. The van der Waals surface area contributed by atoms with Gasteiger partial charge in [-0.3, -0.25) is 4.79 Å². The van der Waals surface area contributed by atoms with Crippen molar-refractivity contribution in [1.29, 1.82) is 0 Å². The number of hydrogen-bond acceptors (Lipinski definition) is 21. The zero-order chi connectivity index (χ0) is 36.0. The minimum absolute atomic E-state index is 0.101. The Kier molecular flexibility index (Phi) is 15.3. The van der Waals surface area contributed by atoms with Gasteiger partial charge in [0.2, 0.25) is 5.91 Å². The fourth-order valence-electron chi connectivity index (χ4n) is 5.42. The molecule has 280 valence electrons. The Morgan fingerprint density at radius 2 is 1.19 bits per heavy atom. The highest BCUT2D eigenvalue weighted by Crippen LogP contribution is 2.33. The van der Waals surface area contributed by atoms with Crippen LogP contribution in [0.25, 0.3) is 0 Å². The molecule has 3 aliphatic heterocycles. The molecular weight excluding hydrogens is 662 g/mol. The lowest BCUT2D eigenvalue weighted by molar-refractivity contribution is -0.392. The maximum Gasteiger partial charge on any atom is 0.217 e. The second-order valence-electron chi connectivity index (χ2n) is 11.5. The van der Waals surface area contributed by atoms with Crippen molar-refractivity contribution in [1.82, 2.24) is 5.32 Å². The van der Waals surface area contributed by atoms with E-state index in [0.717, 1.165) is 6.92 Å². The summed E-state index contributed by atoms with van der Waals surface area (Å²) in [5.41, 5.74) is 0. The predicted octanol–water partition coefficient (Wildman–Crippen LogP) is -9.76. The molecule has 3 saturated heterocycles. The average molecular weight is 708 g/mol. The second-order valence-corrected chi connectivity index (χ2v) is 11.5. The van der Waals surface area contributed by atoms with Gasteiger partial charge < -0.3 is 105 Å². The van der Waals surface area contributed by atoms with E-state index in [4.69, 9.17) is 28.4 Å². The molecule has 0 aliphatic carbocycles. The molecule has 22 heteroatoms. The first-order valence-electron chi connectivity index (χ1n) is 14.9. The number of hydrogen-bond donors (Lipinski definition) is 14. The van der Waals surface area contributed by atoms with E-state index in [9.17, 15) is 76.0 Å². The van der Waals surface area contributed by atoms with Crippen LogP contribution in [0.2, 0.25) is 0 Å². The maximum absolute atomic E-state index is 11.5. The fourth-order valence-corrected chi connectivity index (χ4v) is 5.42. The number of carbonyl (C=O) groups is 2. The molecule has 3 heterocycles. The van der Waals surface area contributed by atoms with Gasteiger partial charge >= 0.3 is 0 Å². The van der Waals surface area contributed by atoms with Crippen molar-refractivity contribution in [2.45, 2.75) is 123 Å². The van der Waals surface area contributed by atoms with Crippen molar-refractivity contribution in [3.05, 3.63) is 0 Å². The van der Waals surface area contributed by atoms with Gasteiger partial charge in [-0.2, -0.15) is 0 Å². The summed E-state index contributed by atoms with van der Waals surface area (Å²) in [5, 5.41) is 136. The van der Waals surface area contributed by atoms with E-state index in [1.54, 1.807) is 0 Å². The SMILES string of the molecule is CC(=O)N[C@@H](C=O)[C@@H](O)[C@H](O[C@@H]1O[C@H](CO)[C@@H](O)[C@H](O[C@H]2O[C@H](CO)[C@@H](O)[C@H](O)C2O[C@H]2O[C@H](CO)[C@@H](O)[C@H](O)[C@@H]2O)[C@@H]1O)[C@H](O)CO. The molecule has 0 radical (unpaired) electrons. The summed E-state index contributed by atoms with van der Waals surface area (Å²) in [7, 11) is 0. The Bertz CT molecular complexity index is 1010. The summed E-state index contributed by atoms with van der Waals surface area (Å²) < 4.78 is 32.9. The highest BCUT2D eigenvalue weighted by Gasteiger charge is 2.54. The van der Waals surface area contributed by atoms with Crippen molar-refractivity contribution in [3.8, 4) is 0 Å². The molecule has 0 aromatic heterocycles. The van der Waals surface area contributed by atoms with Crippen LogP contribution in [-0.4, -0.2) is 221 Å². The monoisotopic (exact) mass is 707 g/mol. The maximum atomic E-state index is 11.5. The lowest BCUT2D eigenvalue weighted by Crippen LogP contribution is -2.67. The number of aliphatic hydroxyl groups is 13. The molecule has 0 aromatic rings. The van der Waals surface area contributed by atoms with Crippen molar-refractivity contribution in [2.24, 2.45) is 0 Å². The van der Waals surface area contributed by atoms with Crippen LogP contribution in [0.15, 0.2) is 0 Å². The van der Waals surface area contributed by atoms with Crippen LogP contribution in [0.3, 0.4) is 0 Å². The first-order valence-corrected chi connectivity index (χ1v) is 14.9. The average Bonchev–Trinajstić information content (AvgIpc) is 3.07. The quantitative estimate of drug-likeness (QED) is 0.0702. The molecular formula is C26H45NO21. The van der Waals surface area contributed by atoms with Crippen LogP contribution >= 0.6 is 0 Å². The molecule has 22 nitrogen and oxygen atoms in total. The van der Waals surface area contributed by atoms with Crippen LogP contribution in [0, 0.1) is 0 Å². The third-order valence-electron chi connectivity index (χ3n) is 8.16. The standard InChI is InChI=1S/C26H45NO21/c1-7(33)27-8(2-28)13(35)21(9(34)3-29)46-25-20(42)22(16(38)12(6-32)44-25)47-26-23(18(40)15(37)11(5-31)45-26)48-24-19(41)17(39)14(36)10(4-30)43-24/h2,8-26,29-32,34-42H,3-6H2,1H3,(H,27,33)/t8-,9+,10+,11+,12+,13+,14+,15+,16+,17-,18-,19-,20-,21+,22-,23?,24+,25-,26+/m0/s1. The van der Waals surface area contributed by atoms with Crippen LogP contribution in [0.5, 0.6) is 0 Å². The summed E-state index contributed by atoms with van der Waals surface area (Å²) in [6.07, 6.45) is -34.2. The summed E-state index contributed by atoms with van der Waals surface area (Å²) in [6, 6.07) is -1.69. The van der Waals surface area contributed by atoms with E-state index < -0.39 is 149 Å². The summed E-state index contributed by atoms with van der Waals surface area (Å²) in [4.78, 5) is 23.0. The summed E-state index contributed by atoms with van der Waals surface area (Å²) in [6.45, 7) is -2.79.